The van der Waals surface area contributed by atoms with Gasteiger partial charge in [0, 0.05) is 18.2 Å². The molecule has 5 nitrogen and oxygen atoms in total. The van der Waals surface area contributed by atoms with Crippen LogP contribution in [0.15, 0.2) is 6.20 Å². The number of terminal acetylenes is 1. The van der Waals surface area contributed by atoms with Gasteiger partial charge in [-0.2, -0.15) is 0 Å². The van der Waals surface area contributed by atoms with Crippen molar-refractivity contribution >= 4 is 22.6 Å². The van der Waals surface area contributed by atoms with Crippen LogP contribution in [0.2, 0.25) is 0 Å². The average Bonchev–Trinajstić information content (AvgIpc) is 2.64. The molecule has 1 aromatic heterocycles. The minimum absolute atomic E-state index is 0.185. The van der Waals surface area contributed by atoms with Gasteiger partial charge in [-0.05, 0) is 20.8 Å². The minimum atomic E-state index is -1.07. The summed E-state index contributed by atoms with van der Waals surface area (Å²) in [4.78, 5) is 17.0. The molecule has 0 aromatic carbocycles. The second-order valence-electron chi connectivity index (χ2n) is 4.76. The van der Waals surface area contributed by atoms with Crippen LogP contribution in [-0.4, -0.2) is 26.8 Å². The van der Waals surface area contributed by atoms with E-state index in [2.05, 4.69) is 10.9 Å². The summed E-state index contributed by atoms with van der Waals surface area (Å²) in [6.07, 6.45) is 4.90. The Balaban J connectivity index is 3.03. The topological polar surface area (TPSA) is 73.7 Å². The molecule has 98 valence electrons. The lowest BCUT2D eigenvalue weighted by atomic mass is 10.1. The Bertz CT molecular complexity index is 470. The number of carbonyl (C=O) groups is 1. The summed E-state index contributed by atoms with van der Waals surface area (Å²) in [5.74, 6) is 2.36. The van der Waals surface area contributed by atoms with Crippen molar-refractivity contribution in [1.29, 1.82) is 0 Å². The third kappa shape index (κ3) is 3.22. The molecule has 1 unspecified atom stereocenters. The van der Waals surface area contributed by atoms with E-state index in [0.717, 1.165) is 11.3 Å². The zero-order valence-electron chi connectivity index (χ0n) is 10.5. The Hall–Kier alpha value is -1.58. The van der Waals surface area contributed by atoms with Crippen molar-refractivity contribution in [2.75, 3.05) is 4.90 Å². The quantitative estimate of drug-likeness (QED) is 0.826. The molecule has 0 spiro atoms. The Morgan fingerprint density at radius 3 is 2.72 bits per heavy atom. The number of anilines is 1. The van der Waals surface area contributed by atoms with Gasteiger partial charge in [0.15, 0.2) is 5.13 Å². The van der Waals surface area contributed by atoms with Gasteiger partial charge in [-0.15, -0.1) is 12.3 Å². The molecular formula is C12H16N2O3S. The van der Waals surface area contributed by atoms with Gasteiger partial charge in [-0.1, -0.05) is 11.3 Å². The first-order chi connectivity index (χ1) is 8.27. The summed E-state index contributed by atoms with van der Waals surface area (Å²) >= 11 is 1.13. The molecule has 1 amide bonds. The highest BCUT2D eigenvalue weighted by Crippen LogP contribution is 2.32. The molecule has 0 aliphatic heterocycles. The number of hydrogen-bond donors (Lipinski definition) is 2. The molecule has 1 heterocycles. The van der Waals surface area contributed by atoms with Crippen molar-refractivity contribution in [2.24, 2.45) is 0 Å². The minimum Gasteiger partial charge on any atom is -0.465 e. The van der Waals surface area contributed by atoms with E-state index in [1.165, 1.54) is 11.1 Å². The van der Waals surface area contributed by atoms with Crippen molar-refractivity contribution in [3.63, 3.8) is 0 Å². The largest absolute Gasteiger partial charge is 0.465 e. The number of rotatable bonds is 3. The van der Waals surface area contributed by atoms with Gasteiger partial charge >= 0.3 is 6.09 Å². The second-order valence-corrected chi connectivity index (χ2v) is 5.80. The maximum Gasteiger partial charge on any atom is 0.414 e. The zero-order valence-corrected chi connectivity index (χ0v) is 11.4. The van der Waals surface area contributed by atoms with Gasteiger partial charge in [0.2, 0.25) is 0 Å². The number of hydrogen-bond acceptors (Lipinski definition) is 4. The number of aliphatic hydroxyl groups is 1. The molecule has 0 aliphatic carbocycles. The van der Waals surface area contributed by atoms with Crippen molar-refractivity contribution in [3.05, 3.63) is 11.1 Å². The van der Waals surface area contributed by atoms with Gasteiger partial charge < -0.3 is 10.2 Å². The number of aliphatic hydroxyl groups excluding tert-OH is 1. The predicted octanol–water partition coefficient (Wildman–Crippen LogP) is 2.48. The van der Waals surface area contributed by atoms with Gasteiger partial charge in [-0.3, -0.25) is 0 Å². The maximum absolute atomic E-state index is 11.2. The molecule has 0 fully saturated rings. The molecule has 0 saturated heterocycles. The zero-order chi connectivity index (χ0) is 13.9. The Kier molecular flexibility index (Phi) is 4.33. The summed E-state index contributed by atoms with van der Waals surface area (Å²) in [7, 11) is 0. The normalized spacial score (nSPS) is 12.8. The maximum atomic E-state index is 11.2. The molecule has 0 bridgehead atoms. The molecule has 0 aliphatic rings. The third-order valence-electron chi connectivity index (χ3n) is 2.20. The molecule has 6 heteroatoms. The molecular weight excluding hydrogens is 252 g/mol. The number of amides is 1. The third-order valence-corrected chi connectivity index (χ3v) is 3.29. The van der Waals surface area contributed by atoms with Crippen LogP contribution < -0.4 is 4.90 Å². The summed E-state index contributed by atoms with van der Waals surface area (Å²) in [6, 6.07) is 0. The SMILES string of the molecule is C#CCC(O)c1cnc(N(C(=O)O)C(C)(C)C)s1. The summed E-state index contributed by atoms with van der Waals surface area (Å²) in [6.45, 7) is 5.33. The van der Waals surface area contributed by atoms with Crippen molar-refractivity contribution in [3.8, 4) is 12.3 Å². The highest BCUT2D eigenvalue weighted by atomic mass is 32.1. The Morgan fingerprint density at radius 1 is 1.67 bits per heavy atom. The van der Waals surface area contributed by atoms with E-state index in [4.69, 9.17) is 6.42 Å². The standard InChI is InChI=1S/C12H16N2O3S/c1-5-6-8(15)9-7-13-10(18-9)14(11(16)17)12(2,3)4/h1,7-8,15H,6H2,2-4H3,(H,16,17). The first-order valence-electron chi connectivity index (χ1n) is 5.37. The lowest BCUT2D eigenvalue weighted by molar-refractivity contribution is 0.187. The van der Waals surface area contributed by atoms with Crippen molar-refractivity contribution in [2.45, 2.75) is 38.8 Å². The fourth-order valence-corrected chi connectivity index (χ4v) is 2.49. The van der Waals surface area contributed by atoms with Gasteiger partial charge in [0.1, 0.15) is 6.10 Å². The van der Waals surface area contributed by atoms with Crippen LogP contribution in [0.5, 0.6) is 0 Å². The number of nitrogens with zero attached hydrogens (tertiary/aromatic N) is 2. The Labute approximate surface area is 110 Å². The van der Waals surface area contributed by atoms with Crippen molar-refractivity contribution < 1.29 is 15.0 Å². The van der Waals surface area contributed by atoms with Crippen LogP contribution in [0.3, 0.4) is 0 Å². The van der Waals surface area contributed by atoms with E-state index in [1.54, 1.807) is 20.8 Å². The second kappa shape index (κ2) is 5.38. The van der Waals surface area contributed by atoms with Crippen LogP contribution >= 0.6 is 11.3 Å². The number of aromatic nitrogens is 1. The highest BCUT2D eigenvalue weighted by molar-refractivity contribution is 7.15. The highest BCUT2D eigenvalue weighted by Gasteiger charge is 2.30. The first-order valence-corrected chi connectivity index (χ1v) is 6.19. The van der Waals surface area contributed by atoms with E-state index < -0.39 is 17.7 Å². The number of thiazole rings is 1. The predicted molar refractivity (Wildman–Crippen MR) is 70.8 cm³/mol. The first kappa shape index (κ1) is 14.5. The van der Waals surface area contributed by atoms with Crippen LogP contribution in [-0.2, 0) is 0 Å². The lowest BCUT2D eigenvalue weighted by Gasteiger charge is -2.30. The fraction of sp³-hybridized carbons (Fsp3) is 0.500. The van der Waals surface area contributed by atoms with E-state index in [0.29, 0.717) is 10.0 Å². The van der Waals surface area contributed by atoms with E-state index in [9.17, 15) is 15.0 Å². The number of carboxylic acid groups (broad SMARTS) is 1. The van der Waals surface area contributed by atoms with E-state index >= 15 is 0 Å². The monoisotopic (exact) mass is 268 g/mol. The van der Waals surface area contributed by atoms with E-state index in [1.807, 2.05) is 0 Å². The molecule has 0 radical (unpaired) electrons. The van der Waals surface area contributed by atoms with Gasteiger partial charge in [-0.25, -0.2) is 14.7 Å². The lowest BCUT2D eigenvalue weighted by Crippen LogP contribution is -2.45. The molecule has 1 atom stereocenters. The summed E-state index contributed by atoms with van der Waals surface area (Å²) < 4.78 is 0. The average molecular weight is 268 g/mol. The summed E-state index contributed by atoms with van der Waals surface area (Å²) in [5.41, 5.74) is -0.599. The molecule has 1 rings (SSSR count). The van der Waals surface area contributed by atoms with Crippen LogP contribution in [0.4, 0.5) is 9.93 Å². The molecule has 2 N–H and O–H groups in total. The molecule has 0 saturated carbocycles. The fourth-order valence-electron chi connectivity index (χ4n) is 1.40. The molecule has 18 heavy (non-hydrogen) atoms. The van der Waals surface area contributed by atoms with Crippen LogP contribution in [0.1, 0.15) is 38.2 Å². The van der Waals surface area contributed by atoms with Gasteiger partial charge in [0.25, 0.3) is 0 Å². The summed E-state index contributed by atoms with van der Waals surface area (Å²) in [5, 5.41) is 19.3. The van der Waals surface area contributed by atoms with Crippen LogP contribution in [0, 0.1) is 12.3 Å². The Morgan fingerprint density at radius 2 is 2.28 bits per heavy atom. The van der Waals surface area contributed by atoms with E-state index in [-0.39, 0.29) is 6.42 Å². The van der Waals surface area contributed by atoms with Gasteiger partial charge in [0.05, 0.1) is 4.88 Å². The molecule has 1 aromatic rings. The van der Waals surface area contributed by atoms with Crippen molar-refractivity contribution in [1.82, 2.24) is 4.98 Å². The smallest absolute Gasteiger partial charge is 0.414 e. The van der Waals surface area contributed by atoms with Crippen LogP contribution in [0.25, 0.3) is 0 Å².